The summed E-state index contributed by atoms with van der Waals surface area (Å²) in [6.07, 6.45) is 0. The Bertz CT molecular complexity index is 933. The molecular weight excluding hydrogens is 294 g/mol. The molecule has 0 fully saturated rings. The van der Waals surface area contributed by atoms with Gasteiger partial charge in [0.2, 0.25) is 0 Å². The minimum Gasteiger partial charge on any atom is -0.462 e. The van der Waals surface area contributed by atoms with Crippen molar-refractivity contribution in [1.29, 1.82) is 0 Å². The van der Waals surface area contributed by atoms with Crippen LogP contribution in [0.3, 0.4) is 0 Å². The maximum atomic E-state index is 12.5. The number of ether oxygens (including phenoxy) is 1. The molecule has 0 aliphatic carbocycles. The van der Waals surface area contributed by atoms with Crippen LogP contribution >= 0.6 is 0 Å². The fourth-order valence-electron chi connectivity index (χ4n) is 2.36. The molecule has 3 rings (SSSR count). The van der Waals surface area contributed by atoms with Crippen LogP contribution in [0.5, 0.6) is 0 Å². The highest BCUT2D eigenvalue weighted by Crippen LogP contribution is 2.11. The van der Waals surface area contributed by atoms with Crippen LogP contribution in [-0.2, 0) is 11.8 Å². The van der Waals surface area contributed by atoms with Gasteiger partial charge in [-0.05, 0) is 37.3 Å². The molecule has 0 spiro atoms. The number of fused-ring (bicyclic) bond motifs is 1. The minimum atomic E-state index is -0.406. The summed E-state index contributed by atoms with van der Waals surface area (Å²) in [6.45, 7) is 2.06. The van der Waals surface area contributed by atoms with Gasteiger partial charge in [0, 0.05) is 0 Å². The van der Waals surface area contributed by atoms with Crippen molar-refractivity contribution in [2.45, 2.75) is 6.92 Å². The van der Waals surface area contributed by atoms with Crippen molar-refractivity contribution in [2.75, 3.05) is 6.61 Å². The van der Waals surface area contributed by atoms with Crippen LogP contribution in [0.1, 0.15) is 17.3 Å². The van der Waals surface area contributed by atoms with E-state index in [1.165, 1.54) is 9.25 Å². The van der Waals surface area contributed by atoms with E-state index in [0.29, 0.717) is 28.9 Å². The Morgan fingerprint density at radius 1 is 1.22 bits per heavy atom. The molecule has 1 heterocycles. The molecule has 116 valence electrons. The fourth-order valence-corrected chi connectivity index (χ4v) is 2.36. The van der Waals surface area contributed by atoms with Gasteiger partial charge in [0.05, 0.1) is 19.2 Å². The molecule has 0 saturated heterocycles. The molecule has 6 heteroatoms. The Balaban J connectivity index is 2.22. The third kappa shape index (κ3) is 2.70. The van der Waals surface area contributed by atoms with Crippen molar-refractivity contribution in [3.05, 3.63) is 64.6 Å². The van der Waals surface area contributed by atoms with Gasteiger partial charge in [-0.3, -0.25) is 0 Å². The molecule has 6 nitrogen and oxygen atoms in total. The predicted octanol–water partition coefficient (Wildman–Crippen LogP) is 1.39. The highest BCUT2D eigenvalue weighted by molar-refractivity contribution is 5.92. The second kappa shape index (κ2) is 6.00. The first-order valence-corrected chi connectivity index (χ1v) is 7.27. The molecule has 1 aromatic heterocycles. The van der Waals surface area contributed by atoms with Gasteiger partial charge in [-0.25, -0.2) is 4.79 Å². The predicted molar refractivity (Wildman–Crippen MR) is 84.5 cm³/mol. The normalized spacial score (nSPS) is 10.7. The van der Waals surface area contributed by atoms with Crippen molar-refractivity contribution in [2.24, 2.45) is 7.05 Å². The minimum absolute atomic E-state index is 0.257. The Morgan fingerprint density at radius 3 is 2.65 bits per heavy atom. The smallest absolute Gasteiger partial charge is 0.462 e. The van der Waals surface area contributed by atoms with Crippen LogP contribution in [0.2, 0.25) is 0 Å². The number of hydrogen-bond acceptors (Lipinski definition) is 4. The summed E-state index contributed by atoms with van der Waals surface area (Å²) in [5.74, 6) is -0.406. The molecule has 0 atom stereocenters. The van der Waals surface area contributed by atoms with E-state index in [0.717, 1.165) is 0 Å². The van der Waals surface area contributed by atoms with E-state index in [1.807, 2.05) is 18.2 Å². The van der Waals surface area contributed by atoms with E-state index >= 15 is 0 Å². The van der Waals surface area contributed by atoms with E-state index in [1.54, 1.807) is 44.3 Å². The largest absolute Gasteiger partial charge is 0.524 e. The van der Waals surface area contributed by atoms with Gasteiger partial charge in [0.25, 0.3) is 0 Å². The van der Waals surface area contributed by atoms with Crippen LogP contribution in [0.15, 0.2) is 53.3 Å². The third-order valence-electron chi connectivity index (χ3n) is 3.52. The molecule has 23 heavy (non-hydrogen) atoms. The number of aryl methyl sites for hydroxylation is 1. The lowest BCUT2D eigenvalue weighted by atomic mass is 10.2. The van der Waals surface area contributed by atoms with Gasteiger partial charge in [-0.15, -0.1) is 0 Å². The van der Waals surface area contributed by atoms with E-state index < -0.39 is 5.97 Å². The Morgan fingerprint density at radius 2 is 1.96 bits per heavy atom. The monoisotopic (exact) mass is 310 g/mol. The van der Waals surface area contributed by atoms with Crippen LogP contribution in [-0.4, -0.2) is 22.4 Å². The number of para-hydroxylation sites is 1. The fraction of sp³-hybridized carbons (Fsp3) is 0.176. The Labute approximate surface area is 132 Å². The lowest BCUT2D eigenvalue weighted by molar-refractivity contribution is -0.665. The van der Waals surface area contributed by atoms with Gasteiger partial charge < -0.3 is 4.74 Å². The molecule has 0 N–H and O–H groups in total. The molecule has 0 aliphatic rings. The van der Waals surface area contributed by atoms with Crippen LogP contribution < -0.4 is 10.3 Å². The summed E-state index contributed by atoms with van der Waals surface area (Å²) in [4.78, 5) is 24.3. The van der Waals surface area contributed by atoms with Crippen LogP contribution in [0.25, 0.3) is 16.7 Å². The number of benzene rings is 2. The van der Waals surface area contributed by atoms with E-state index in [2.05, 4.69) is 5.10 Å². The summed E-state index contributed by atoms with van der Waals surface area (Å²) in [6, 6.07) is 14.1. The summed E-state index contributed by atoms with van der Waals surface area (Å²) in [5.41, 5.74) is 2.01. The molecule has 0 saturated carbocycles. The Hall–Kier alpha value is -3.02. The van der Waals surface area contributed by atoms with Gasteiger partial charge >= 0.3 is 11.7 Å². The van der Waals surface area contributed by atoms with Gasteiger partial charge in [0.15, 0.2) is 16.7 Å². The van der Waals surface area contributed by atoms with Crippen molar-refractivity contribution >= 4 is 17.0 Å². The number of aromatic nitrogens is 3. The van der Waals surface area contributed by atoms with Crippen molar-refractivity contribution in [1.82, 2.24) is 9.78 Å². The first-order valence-electron chi connectivity index (χ1n) is 7.27. The first kappa shape index (κ1) is 14.9. The highest BCUT2D eigenvalue weighted by Gasteiger charge is 2.18. The number of hydrogen-bond donors (Lipinski definition) is 0. The molecule has 0 unspecified atom stereocenters. The van der Waals surface area contributed by atoms with Crippen molar-refractivity contribution in [3.63, 3.8) is 0 Å². The zero-order valence-electron chi connectivity index (χ0n) is 12.9. The molecule has 3 aromatic rings. The summed E-state index contributed by atoms with van der Waals surface area (Å²) < 4.78 is 7.82. The lowest BCUT2D eigenvalue weighted by Gasteiger charge is -2.04. The molecule has 0 bridgehead atoms. The SMILES string of the molecule is CCOC(=O)c1ccc2c(c1)nn(-c1ccccc1)c(=O)[n+]2C. The van der Waals surface area contributed by atoms with Gasteiger partial charge in [-0.1, -0.05) is 28.0 Å². The number of carbonyl (C=O) groups is 1. The standard InChI is InChI=1S/C17H16N3O3/c1-3-23-16(21)12-9-10-15-14(11-12)18-20(17(22)19(15)2)13-7-5-4-6-8-13/h4-11H,3H2,1-2H3/q+1. The zero-order valence-corrected chi connectivity index (χ0v) is 12.9. The van der Waals surface area contributed by atoms with Gasteiger partial charge in [-0.2, -0.15) is 9.36 Å². The van der Waals surface area contributed by atoms with Crippen LogP contribution in [0.4, 0.5) is 0 Å². The molecule has 0 radical (unpaired) electrons. The lowest BCUT2D eigenvalue weighted by Crippen LogP contribution is -2.52. The second-order valence-electron chi connectivity index (χ2n) is 5.01. The highest BCUT2D eigenvalue weighted by atomic mass is 16.5. The zero-order chi connectivity index (χ0) is 16.4. The first-order chi connectivity index (χ1) is 11.1. The molecule has 2 aromatic carbocycles. The van der Waals surface area contributed by atoms with Crippen LogP contribution in [0, 0.1) is 0 Å². The summed E-state index contributed by atoms with van der Waals surface area (Å²) >= 11 is 0. The summed E-state index contributed by atoms with van der Waals surface area (Å²) in [7, 11) is 1.68. The maximum absolute atomic E-state index is 12.5. The summed E-state index contributed by atoms with van der Waals surface area (Å²) in [5, 5.41) is 4.38. The number of esters is 1. The van der Waals surface area contributed by atoms with E-state index in [-0.39, 0.29) is 5.69 Å². The van der Waals surface area contributed by atoms with Gasteiger partial charge in [0.1, 0.15) is 0 Å². The second-order valence-corrected chi connectivity index (χ2v) is 5.01. The topological polar surface area (TPSA) is 65.1 Å². The molecule has 0 aliphatic heterocycles. The quantitative estimate of drug-likeness (QED) is 0.541. The number of carbonyl (C=O) groups excluding carboxylic acids is 1. The van der Waals surface area contributed by atoms with Crippen molar-refractivity contribution in [3.8, 4) is 5.69 Å². The Kier molecular flexibility index (Phi) is 3.89. The average Bonchev–Trinajstić information content (AvgIpc) is 2.58. The molecule has 0 amide bonds. The third-order valence-corrected chi connectivity index (χ3v) is 3.52. The van der Waals surface area contributed by atoms with E-state index in [9.17, 15) is 9.59 Å². The van der Waals surface area contributed by atoms with Crippen molar-refractivity contribution < 1.29 is 14.1 Å². The average molecular weight is 310 g/mol. The number of rotatable bonds is 3. The maximum Gasteiger partial charge on any atom is 0.524 e. The van der Waals surface area contributed by atoms with E-state index in [4.69, 9.17) is 4.74 Å². The number of nitrogens with zero attached hydrogens (tertiary/aromatic N) is 3. The molecular formula is C17H16N3O3+.